The van der Waals surface area contributed by atoms with Crippen LogP contribution in [0, 0.1) is 0 Å². The molecule has 0 heterocycles. The molecule has 5 aromatic rings. The topological polar surface area (TPSA) is 40.1 Å². The number of rotatable bonds is 10. The van der Waals surface area contributed by atoms with E-state index in [2.05, 4.69) is 133 Å². The number of hydrogen-bond acceptors (Lipinski definition) is 2. The van der Waals surface area contributed by atoms with Gasteiger partial charge in [-0.05, 0) is 10.8 Å². The molecule has 0 N–H and O–H groups in total. The minimum atomic E-state index is -1.84. The van der Waals surface area contributed by atoms with Crippen LogP contribution in [0.4, 0.5) is 0 Å². The fraction of sp³-hybridized carbons (Fsp3) is 0.293. The number of carboxylic acid groups (broad SMARTS) is 1. The van der Waals surface area contributed by atoms with E-state index in [4.69, 9.17) is 0 Å². The molecule has 3 heteroatoms. The molecule has 0 aromatic heterocycles. The largest absolute Gasteiger partial charge is 0.545 e. The van der Waals surface area contributed by atoms with Crippen molar-refractivity contribution in [3.63, 3.8) is 0 Å². The van der Waals surface area contributed by atoms with Crippen LogP contribution < -0.4 is 5.11 Å². The quantitative estimate of drug-likeness (QED) is 0.137. The fourth-order valence-corrected chi connectivity index (χ4v) is 20.0. The molecule has 0 saturated heterocycles. The van der Waals surface area contributed by atoms with E-state index in [1.807, 2.05) is 24.3 Å². The van der Waals surface area contributed by atoms with Gasteiger partial charge in [-0.15, -0.1) is 0 Å². The Morgan fingerprint density at radius 3 is 1.23 bits per heavy atom. The summed E-state index contributed by atoms with van der Waals surface area (Å²) >= 11 is -1.84. The van der Waals surface area contributed by atoms with E-state index in [-0.39, 0.29) is 21.8 Å². The Labute approximate surface area is 271 Å². The Kier molecular flexibility index (Phi) is 11.1. The van der Waals surface area contributed by atoms with Crippen molar-refractivity contribution in [2.45, 2.75) is 71.1 Å². The average Bonchev–Trinajstić information content (AvgIpc) is 3.01. The molecule has 0 fully saturated rings. The van der Waals surface area contributed by atoms with E-state index in [1.165, 1.54) is 30.0 Å². The molecule has 0 amide bonds. The van der Waals surface area contributed by atoms with Crippen molar-refractivity contribution in [2.24, 2.45) is 0 Å². The second kappa shape index (κ2) is 14.6. The van der Waals surface area contributed by atoms with Gasteiger partial charge in [0.1, 0.15) is 0 Å². The van der Waals surface area contributed by atoms with Crippen molar-refractivity contribution >= 4 is 36.5 Å². The summed E-state index contributed by atoms with van der Waals surface area (Å²) in [4.78, 5) is 10.7. The zero-order valence-corrected chi connectivity index (χ0v) is 30.0. The SMILES string of the molecule is CC(C)([CH2][Sn+]([CH2]C(C)(C)c1ccccc1)[CH2]C(C)(C)c1ccccc1)c1ccccc1.O=C([O-])c1cccc2ccccc12. The molecule has 0 atom stereocenters. The van der Waals surface area contributed by atoms with E-state index < -0.39 is 25.7 Å². The molecule has 0 saturated carbocycles. The Hall–Kier alpha value is -3.37. The average molecular weight is 690 g/mol. The van der Waals surface area contributed by atoms with Gasteiger partial charge >= 0.3 is 199 Å². The molecule has 0 unspecified atom stereocenters. The van der Waals surface area contributed by atoms with Crippen LogP contribution in [0.5, 0.6) is 0 Å². The van der Waals surface area contributed by atoms with Crippen LogP contribution >= 0.6 is 0 Å². The second-order valence-electron chi connectivity index (χ2n) is 13.8. The zero-order chi connectivity index (χ0) is 31.8. The van der Waals surface area contributed by atoms with Crippen molar-refractivity contribution in [1.29, 1.82) is 0 Å². The van der Waals surface area contributed by atoms with Crippen LogP contribution in [0.15, 0.2) is 133 Å². The first-order valence-corrected chi connectivity index (χ1v) is 21.6. The summed E-state index contributed by atoms with van der Waals surface area (Å²) in [6, 6.07) is 46.0. The maximum absolute atomic E-state index is 10.7. The summed E-state index contributed by atoms with van der Waals surface area (Å²) in [6.07, 6.45) is 0. The first-order chi connectivity index (χ1) is 20.9. The van der Waals surface area contributed by atoms with Gasteiger partial charge in [-0.1, -0.05) is 42.5 Å². The molecule has 0 radical (unpaired) electrons. The van der Waals surface area contributed by atoms with Gasteiger partial charge in [0.2, 0.25) is 0 Å². The normalized spacial score (nSPS) is 11.9. The summed E-state index contributed by atoms with van der Waals surface area (Å²) in [5.74, 6) is -1.13. The van der Waals surface area contributed by atoms with Crippen molar-refractivity contribution < 1.29 is 9.90 Å². The predicted octanol–water partition coefficient (Wildman–Crippen LogP) is 9.62. The van der Waals surface area contributed by atoms with Crippen LogP contribution in [-0.4, -0.2) is 25.7 Å². The van der Waals surface area contributed by atoms with Gasteiger partial charge in [0.25, 0.3) is 0 Å². The van der Waals surface area contributed by atoms with E-state index in [0.717, 1.165) is 10.8 Å². The van der Waals surface area contributed by atoms with Crippen molar-refractivity contribution in [3.05, 3.63) is 156 Å². The van der Waals surface area contributed by atoms with Crippen LogP contribution in [0.3, 0.4) is 0 Å². The summed E-state index contributed by atoms with van der Waals surface area (Å²) in [7, 11) is 0. The predicted molar refractivity (Wildman–Crippen MR) is 187 cm³/mol. The molecule has 226 valence electrons. The van der Waals surface area contributed by atoms with Crippen molar-refractivity contribution in [3.8, 4) is 0 Å². The smallest absolute Gasteiger partial charge is 0.0721 e. The van der Waals surface area contributed by atoms with E-state index >= 15 is 0 Å². The molecule has 0 aliphatic heterocycles. The zero-order valence-electron chi connectivity index (χ0n) is 27.1. The minimum Gasteiger partial charge on any atom is -0.545 e. The minimum absolute atomic E-state index is 0.232. The molecular weight excluding hydrogens is 643 g/mol. The Balaban J connectivity index is 0.000000281. The van der Waals surface area contributed by atoms with Gasteiger partial charge in [0.15, 0.2) is 0 Å². The Morgan fingerprint density at radius 1 is 0.500 bits per heavy atom. The van der Waals surface area contributed by atoms with Gasteiger partial charge in [0, 0.05) is 5.56 Å². The number of carbonyl (C=O) groups is 1. The third-order valence-corrected chi connectivity index (χ3v) is 20.6. The van der Waals surface area contributed by atoms with Crippen molar-refractivity contribution in [1.82, 2.24) is 0 Å². The second-order valence-corrected chi connectivity index (χ2v) is 21.2. The first-order valence-electron chi connectivity index (χ1n) is 15.6. The van der Waals surface area contributed by atoms with Crippen LogP contribution in [0.25, 0.3) is 10.8 Å². The van der Waals surface area contributed by atoms with Gasteiger partial charge in [0.05, 0.1) is 5.97 Å². The van der Waals surface area contributed by atoms with Crippen LogP contribution in [-0.2, 0) is 16.2 Å². The number of aromatic carboxylic acids is 1. The standard InChI is InChI=1S/C11H8O2.3C10H13.Sn/c12-11(13)10-7-3-5-8-4-1-2-6-9(8)10;3*1-10(2,3)9-7-5-4-6-8-9;/h1-7H,(H,12,13);3*4-8H,1H2,2-3H3;/q;;;;+1/p-1. The first kappa shape index (κ1) is 33.5. The molecule has 44 heavy (non-hydrogen) atoms. The molecule has 2 nitrogen and oxygen atoms in total. The fourth-order valence-electron chi connectivity index (χ4n) is 6.44. The third kappa shape index (κ3) is 8.85. The summed E-state index contributed by atoms with van der Waals surface area (Å²) in [6.45, 7) is 14.8. The molecular formula is C41H46O2Sn. The van der Waals surface area contributed by atoms with Gasteiger partial charge < -0.3 is 9.90 Å². The number of carboxylic acids is 1. The van der Waals surface area contributed by atoms with E-state index in [0.29, 0.717) is 0 Å². The van der Waals surface area contributed by atoms with E-state index in [9.17, 15) is 9.90 Å². The number of carbonyl (C=O) groups excluding carboxylic acids is 1. The van der Waals surface area contributed by atoms with Gasteiger partial charge in [-0.2, -0.15) is 0 Å². The Morgan fingerprint density at radius 2 is 0.841 bits per heavy atom. The Bertz CT molecular complexity index is 1490. The van der Waals surface area contributed by atoms with Crippen molar-refractivity contribution in [2.75, 3.05) is 0 Å². The molecule has 5 aromatic carbocycles. The van der Waals surface area contributed by atoms with Gasteiger partial charge in [-0.3, -0.25) is 0 Å². The summed E-state index contributed by atoms with van der Waals surface area (Å²) in [5.41, 5.74) is 5.41. The number of benzene rings is 5. The maximum atomic E-state index is 10.7. The molecule has 0 bridgehead atoms. The molecule has 0 aliphatic rings. The van der Waals surface area contributed by atoms with Gasteiger partial charge in [-0.25, -0.2) is 0 Å². The number of hydrogen-bond donors (Lipinski definition) is 0. The van der Waals surface area contributed by atoms with Crippen LogP contribution in [0.1, 0.15) is 68.6 Å². The monoisotopic (exact) mass is 690 g/mol. The summed E-state index contributed by atoms with van der Waals surface area (Å²) in [5, 5.41) is 12.4. The molecule has 0 aliphatic carbocycles. The van der Waals surface area contributed by atoms with Crippen LogP contribution in [0.2, 0.25) is 13.3 Å². The molecule has 5 rings (SSSR count). The van der Waals surface area contributed by atoms with E-state index in [1.54, 1.807) is 18.2 Å². The maximum Gasteiger partial charge on any atom is 0.0721 e. The third-order valence-electron chi connectivity index (χ3n) is 8.75. The molecule has 0 spiro atoms. The number of fused-ring (bicyclic) bond motifs is 1. The summed E-state index contributed by atoms with van der Waals surface area (Å²) < 4.78 is 4.14.